The lowest BCUT2D eigenvalue weighted by Gasteiger charge is -2.45. The van der Waals surface area contributed by atoms with Gasteiger partial charge in [0.25, 0.3) is 0 Å². The molecule has 1 saturated carbocycles. The minimum atomic E-state index is -0.637. The summed E-state index contributed by atoms with van der Waals surface area (Å²) < 4.78 is 13.0. The standard InChI is InChI=1S/C12H16FN/c1-9-5-3-4-6-11(9)12(14-2)7-10(13)8-12/h3-6,10,14H,7-8H2,1-2H3. The Bertz CT molecular complexity index is 329. The van der Waals surface area contributed by atoms with Crippen molar-refractivity contribution in [1.29, 1.82) is 0 Å². The molecule has 0 heterocycles. The zero-order chi connectivity index (χ0) is 10.2. The molecule has 0 bridgehead atoms. The maximum absolute atomic E-state index is 13.0. The molecular formula is C12H16FN. The summed E-state index contributed by atoms with van der Waals surface area (Å²) in [5, 5.41) is 3.26. The van der Waals surface area contributed by atoms with Crippen molar-refractivity contribution in [1.82, 2.24) is 5.32 Å². The summed E-state index contributed by atoms with van der Waals surface area (Å²) in [7, 11) is 1.92. The molecule has 1 fully saturated rings. The van der Waals surface area contributed by atoms with Gasteiger partial charge in [-0.3, -0.25) is 0 Å². The van der Waals surface area contributed by atoms with Crippen molar-refractivity contribution in [2.24, 2.45) is 0 Å². The quantitative estimate of drug-likeness (QED) is 0.761. The number of hydrogen-bond donors (Lipinski definition) is 1. The number of halogens is 1. The zero-order valence-electron chi connectivity index (χ0n) is 8.68. The SMILES string of the molecule is CNC1(c2ccccc2C)CC(F)C1. The number of alkyl halides is 1. The van der Waals surface area contributed by atoms with Crippen LogP contribution >= 0.6 is 0 Å². The first-order chi connectivity index (χ1) is 6.68. The van der Waals surface area contributed by atoms with Crippen molar-refractivity contribution < 1.29 is 4.39 Å². The van der Waals surface area contributed by atoms with Crippen LogP contribution in [-0.2, 0) is 5.54 Å². The third kappa shape index (κ3) is 1.34. The highest BCUT2D eigenvalue weighted by Gasteiger charge is 2.45. The Hall–Kier alpha value is -0.890. The van der Waals surface area contributed by atoms with Crippen molar-refractivity contribution >= 4 is 0 Å². The van der Waals surface area contributed by atoms with Gasteiger partial charge in [0.1, 0.15) is 6.17 Å². The molecular weight excluding hydrogens is 177 g/mol. The maximum Gasteiger partial charge on any atom is 0.104 e. The van der Waals surface area contributed by atoms with Crippen LogP contribution in [0.4, 0.5) is 4.39 Å². The van der Waals surface area contributed by atoms with Gasteiger partial charge < -0.3 is 5.32 Å². The molecule has 0 unspecified atom stereocenters. The smallest absolute Gasteiger partial charge is 0.104 e. The van der Waals surface area contributed by atoms with Crippen molar-refractivity contribution in [3.8, 4) is 0 Å². The van der Waals surface area contributed by atoms with Crippen molar-refractivity contribution in [3.63, 3.8) is 0 Å². The molecule has 0 spiro atoms. The van der Waals surface area contributed by atoms with Crippen LogP contribution in [0.2, 0.25) is 0 Å². The van der Waals surface area contributed by atoms with Gasteiger partial charge in [-0.15, -0.1) is 0 Å². The lowest BCUT2D eigenvalue weighted by atomic mass is 9.69. The third-order valence-corrected chi connectivity index (χ3v) is 3.28. The Balaban J connectivity index is 2.34. The summed E-state index contributed by atoms with van der Waals surface area (Å²) in [5.41, 5.74) is 2.38. The minimum Gasteiger partial charge on any atom is -0.310 e. The fourth-order valence-electron chi connectivity index (χ4n) is 2.36. The maximum atomic E-state index is 13.0. The van der Waals surface area contributed by atoms with E-state index in [-0.39, 0.29) is 5.54 Å². The molecule has 0 amide bonds. The first kappa shape index (κ1) is 9.66. The van der Waals surface area contributed by atoms with Gasteiger partial charge in [0.05, 0.1) is 0 Å². The van der Waals surface area contributed by atoms with E-state index >= 15 is 0 Å². The molecule has 14 heavy (non-hydrogen) atoms. The van der Waals surface area contributed by atoms with Gasteiger partial charge in [-0.25, -0.2) is 4.39 Å². The van der Waals surface area contributed by atoms with Crippen LogP contribution in [0.5, 0.6) is 0 Å². The molecule has 0 aliphatic heterocycles. The van der Waals surface area contributed by atoms with Crippen LogP contribution in [0.25, 0.3) is 0 Å². The molecule has 2 rings (SSSR count). The normalized spacial score (nSPS) is 31.2. The number of nitrogens with one attached hydrogen (secondary N) is 1. The van der Waals surface area contributed by atoms with Gasteiger partial charge >= 0.3 is 0 Å². The second kappa shape index (κ2) is 3.35. The molecule has 1 N–H and O–H groups in total. The Labute approximate surface area is 84.3 Å². The van der Waals surface area contributed by atoms with E-state index in [1.54, 1.807) is 0 Å². The van der Waals surface area contributed by atoms with Crippen molar-refractivity contribution in [2.45, 2.75) is 31.5 Å². The molecule has 1 aliphatic carbocycles. The van der Waals surface area contributed by atoms with Crippen molar-refractivity contribution in [2.75, 3.05) is 7.05 Å². The van der Waals surface area contributed by atoms with Crippen LogP contribution in [0, 0.1) is 6.92 Å². The molecule has 1 nitrogen and oxygen atoms in total. The van der Waals surface area contributed by atoms with E-state index in [9.17, 15) is 4.39 Å². The molecule has 2 heteroatoms. The van der Waals surface area contributed by atoms with Crippen LogP contribution in [0.3, 0.4) is 0 Å². The molecule has 0 saturated heterocycles. The monoisotopic (exact) mass is 193 g/mol. The molecule has 1 aromatic rings. The van der Waals surface area contributed by atoms with Gasteiger partial charge in [0.15, 0.2) is 0 Å². The lowest BCUT2D eigenvalue weighted by Crippen LogP contribution is -2.52. The van der Waals surface area contributed by atoms with E-state index in [2.05, 4.69) is 24.4 Å². The highest BCUT2D eigenvalue weighted by atomic mass is 19.1. The van der Waals surface area contributed by atoms with E-state index in [1.165, 1.54) is 11.1 Å². The van der Waals surface area contributed by atoms with E-state index < -0.39 is 6.17 Å². The second-order valence-corrected chi connectivity index (χ2v) is 4.15. The molecule has 1 aromatic carbocycles. The molecule has 0 atom stereocenters. The third-order valence-electron chi connectivity index (χ3n) is 3.28. The van der Waals surface area contributed by atoms with Crippen LogP contribution < -0.4 is 5.32 Å². The van der Waals surface area contributed by atoms with Crippen molar-refractivity contribution in [3.05, 3.63) is 35.4 Å². The summed E-state index contributed by atoms with van der Waals surface area (Å²) in [5.74, 6) is 0. The molecule has 0 aromatic heterocycles. The molecule has 1 aliphatic rings. The second-order valence-electron chi connectivity index (χ2n) is 4.15. The topological polar surface area (TPSA) is 12.0 Å². The number of benzene rings is 1. The summed E-state index contributed by atoms with van der Waals surface area (Å²) in [4.78, 5) is 0. The Morgan fingerprint density at radius 2 is 2.00 bits per heavy atom. The number of hydrogen-bond acceptors (Lipinski definition) is 1. The highest BCUT2D eigenvalue weighted by molar-refractivity contribution is 5.35. The lowest BCUT2D eigenvalue weighted by molar-refractivity contribution is 0.0713. The zero-order valence-corrected chi connectivity index (χ0v) is 8.68. The summed E-state index contributed by atoms with van der Waals surface area (Å²) >= 11 is 0. The predicted molar refractivity (Wildman–Crippen MR) is 56.0 cm³/mol. The van der Waals surface area contributed by atoms with Crippen LogP contribution in [0.1, 0.15) is 24.0 Å². The number of rotatable bonds is 2. The average molecular weight is 193 g/mol. The van der Waals surface area contributed by atoms with E-state index in [4.69, 9.17) is 0 Å². The predicted octanol–water partition coefficient (Wildman–Crippen LogP) is 2.54. The fraction of sp³-hybridized carbons (Fsp3) is 0.500. The van der Waals surface area contributed by atoms with Gasteiger partial charge in [0, 0.05) is 18.4 Å². The first-order valence-corrected chi connectivity index (χ1v) is 5.07. The van der Waals surface area contributed by atoms with Crippen LogP contribution in [-0.4, -0.2) is 13.2 Å². The molecule has 0 radical (unpaired) electrons. The number of aryl methyl sites for hydroxylation is 1. The van der Waals surface area contributed by atoms with Gasteiger partial charge in [-0.1, -0.05) is 24.3 Å². The van der Waals surface area contributed by atoms with E-state index in [1.807, 2.05) is 19.2 Å². The Morgan fingerprint density at radius 3 is 2.50 bits per heavy atom. The Kier molecular flexibility index (Phi) is 2.31. The highest BCUT2D eigenvalue weighted by Crippen LogP contribution is 2.43. The van der Waals surface area contributed by atoms with Crippen LogP contribution in [0.15, 0.2) is 24.3 Å². The summed E-state index contributed by atoms with van der Waals surface area (Å²) in [6.07, 6.45) is 0.574. The van der Waals surface area contributed by atoms with E-state index in [0.717, 1.165) is 0 Å². The largest absolute Gasteiger partial charge is 0.310 e. The molecule has 76 valence electrons. The minimum absolute atomic E-state index is 0.106. The van der Waals surface area contributed by atoms with Gasteiger partial charge in [-0.2, -0.15) is 0 Å². The van der Waals surface area contributed by atoms with Gasteiger partial charge in [0.2, 0.25) is 0 Å². The fourth-order valence-corrected chi connectivity index (χ4v) is 2.36. The van der Waals surface area contributed by atoms with Gasteiger partial charge in [-0.05, 0) is 25.1 Å². The average Bonchev–Trinajstić information content (AvgIpc) is 2.14. The summed E-state index contributed by atoms with van der Waals surface area (Å²) in [6.45, 7) is 2.08. The van der Waals surface area contributed by atoms with E-state index in [0.29, 0.717) is 12.8 Å². The Morgan fingerprint density at radius 1 is 1.36 bits per heavy atom. The summed E-state index contributed by atoms with van der Waals surface area (Å²) in [6, 6.07) is 8.22. The first-order valence-electron chi connectivity index (χ1n) is 5.07.